The third-order valence-corrected chi connectivity index (χ3v) is 9.82. The number of rotatable bonds is 10. The Bertz CT molecular complexity index is 1450. The SMILES string of the molecule is O=C(NC1CCC(CCN2CCCC2)CC1)c1ccc(S(=O)(=O)Nc2ccccc2Oc2ccc(Cl)cc2Cl)cc1. The summed E-state index contributed by atoms with van der Waals surface area (Å²) in [7, 11) is -3.95. The van der Waals surface area contributed by atoms with Crippen LogP contribution in [0.15, 0.2) is 71.6 Å². The molecule has 2 fully saturated rings. The summed E-state index contributed by atoms with van der Waals surface area (Å²) in [6.07, 6.45) is 8.13. The Morgan fingerprint density at radius 3 is 2.32 bits per heavy atom. The van der Waals surface area contributed by atoms with E-state index in [-0.39, 0.29) is 28.3 Å². The van der Waals surface area contributed by atoms with Crippen molar-refractivity contribution >= 4 is 44.8 Å². The number of ether oxygens (including phenoxy) is 1. The second-order valence-corrected chi connectivity index (χ2v) is 13.4. The van der Waals surface area contributed by atoms with Crippen molar-refractivity contribution in [2.45, 2.75) is 55.9 Å². The molecule has 0 spiro atoms. The van der Waals surface area contributed by atoms with E-state index in [1.54, 1.807) is 54.6 Å². The molecule has 3 aromatic carbocycles. The quantitative estimate of drug-likeness (QED) is 0.249. The van der Waals surface area contributed by atoms with E-state index in [0.29, 0.717) is 21.4 Å². The maximum atomic E-state index is 13.2. The molecule has 41 heavy (non-hydrogen) atoms. The Morgan fingerprint density at radius 1 is 0.902 bits per heavy atom. The zero-order chi connectivity index (χ0) is 28.8. The van der Waals surface area contributed by atoms with Gasteiger partial charge in [0.15, 0.2) is 5.75 Å². The van der Waals surface area contributed by atoms with Gasteiger partial charge in [-0.05, 0) is 125 Å². The third kappa shape index (κ3) is 7.95. The molecule has 218 valence electrons. The number of hydrogen-bond donors (Lipinski definition) is 2. The van der Waals surface area contributed by atoms with Gasteiger partial charge >= 0.3 is 0 Å². The first-order chi connectivity index (χ1) is 19.8. The summed E-state index contributed by atoms with van der Waals surface area (Å²) in [4.78, 5) is 15.5. The summed E-state index contributed by atoms with van der Waals surface area (Å²) in [6.45, 7) is 3.67. The number of halogens is 2. The van der Waals surface area contributed by atoms with Gasteiger partial charge in [0.1, 0.15) is 5.75 Å². The number of sulfonamides is 1. The van der Waals surface area contributed by atoms with Gasteiger partial charge in [-0.15, -0.1) is 0 Å². The zero-order valence-electron chi connectivity index (χ0n) is 22.8. The maximum Gasteiger partial charge on any atom is 0.262 e. The summed E-state index contributed by atoms with van der Waals surface area (Å²) in [5.41, 5.74) is 0.678. The highest BCUT2D eigenvalue weighted by atomic mass is 35.5. The topological polar surface area (TPSA) is 87.7 Å². The maximum absolute atomic E-state index is 13.2. The second kappa shape index (κ2) is 13.5. The fraction of sp³-hybridized carbons (Fsp3) is 0.387. The van der Waals surface area contributed by atoms with Gasteiger partial charge < -0.3 is 15.0 Å². The van der Waals surface area contributed by atoms with Gasteiger partial charge in [0.2, 0.25) is 0 Å². The molecule has 0 radical (unpaired) electrons. The molecule has 10 heteroatoms. The molecule has 1 heterocycles. The van der Waals surface area contributed by atoms with Gasteiger partial charge in [-0.3, -0.25) is 9.52 Å². The minimum absolute atomic E-state index is 0.0342. The number of para-hydroxylation sites is 2. The van der Waals surface area contributed by atoms with E-state index in [4.69, 9.17) is 27.9 Å². The lowest BCUT2D eigenvalue weighted by Gasteiger charge is -2.30. The van der Waals surface area contributed by atoms with Crippen molar-refractivity contribution in [1.82, 2.24) is 10.2 Å². The van der Waals surface area contributed by atoms with E-state index in [1.165, 1.54) is 51.0 Å². The van der Waals surface area contributed by atoms with Crippen molar-refractivity contribution in [3.05, 3.63) is 82.3 Å². The van der Waals surface area contributed by atoms with Crippen LogP contribution in [0, 0.1) is 5.92 Å². The Kier molecular flexibility index (Phi) is 9.75. The Hall–Kier alpha value is -2.78. The number of carbonyl (C=O) groups is 1. The molecule has 2 N–H and O–H groups in total. The molecule has 0 atom stereocenters. The van der Waals surface area contributed by atoms with E-state index in [0.717, 1.165) is 31.6 Å². The molecule has 5 rings (SSSR count). The monoisotopic (exact) mass is 615 g/mol. The normalized spacial score (nSPS) is 19.6. The lowest BCUT2D eigenvalue weighted by Crippen LogP contribution is -2.38. The van der Waals surface area contributed by atoms with Crippen LogP contribution in [0.3, 0.4) is 0 Å². The van der Waals surface area contributed by atoms with Crippen molar-refractivity contribution in [3.63, 3.8) is 0 Å². The van der Waals surface area contributed by atoms with Gasteiger partial charge in [0.05, 0.1) is 15.6 Å². The van der Waals surface area contributed by atoms with Gasteiger partial charge in [0.25, 0.3) is 15.9 Å². The van der Waals surface area contributed by atoms with Crippen LogP contribution in [0.25, 0.3) is 0 Å². The number of amides is 1. The molecule has 0 unspecified atom stereocenters. The molecule has 1 aliphatic heterocycles. The standard InChI is InChI=1S/C31H35Cl2N3O4S/c32-24-11-16-29(27(33)21-24)40-30-6-2-1-5-28(30)35-41(38,39)26-14-9-23(10-15-26)31(37)34-25-12-7-22(8-13-25)17-20-36-18-3-4-19-36/h1-2,5-6,9-11,14-16,21-22,25,35H,3-4,7-8,12-13,17-20H2,(H,34,37). The van der Waals surface area contributed by atoms with Crippen LogP contribution in [-0.2, 0) is 10.0 Å². The van der Waals surface area contributed by atoms with Crippen LogP contribution in [0.2, 0.25) is 10.0 Å². The van der Waals surface area contributed by atoms with Crippen LogP contribution in [-0.4, -0.2) is 44.9 Å². The summed E-state index contributed by atoms with van der Waals surface area (Å²) < 4.78 is 34.8. The number of carbonyl (C=O) groups excluding carboxylic acids is 1. The van der Waals surface area contributed by atoms with Crippen LogP contribution in [0.4, 0.5) is 5.69 Å². The van der Waals surface area contributed by atoms with Crippen molar-refractivity contribution in [2.24, 2.45) is 5.92 Å². The first-order valence-corrected chi connectivity index (χ1v) is 16.4. The van der Waals surface area contributed by atoms with E-state index < -0.39 is 10.0 Å². The van der Waals surface area contributed by atoms with Crippen molar-refractivity contribution in [3.8, 4) is 11.5 Å². The van der Waals surface area contributed by atoms with Crippen molar-refractivity contribution in [1.29, 1.82) is 0 Å². The highest BCUT2D eigenvalue weighted by molar-refractivity contribution is 7.92. The molecule has 0 bridgehead atoms. The Labute approximate surface area is 252 Å². The van der Waals surface area contributed by atoms with Crippen molar-refractivity contribution < 1.29 is 17.9 Å². The van der Waals surface area contributed by atoms with E-state index in [1.807, 2.05) is 0 Å². The average Bonchev–Trinajstić information content (AvgIpc) is 3.49. The predicted molar refractivity (Wildman–Crippen MR) is 164 cm³/mol. The number of benzene rings is 3. The van der Waals surface area contributed by atoms with Crippen LogP contribution >= 0.6 is 23.2 Å². The molecule has 1 aliphatic carbocycles. The molecule has 7 nitrogen and oxygen atoms in total. The molecule has 1 amide bonds. The first-order valence-electron chi connectivity index (χ1n) is 14.1. The number of anilines is 1. The van der Waals surface area contributed by atoms with Gasteiger partial charge in [-0.1, -0.05) is 35.3 Å². The lowest BCUT2D eigenvalue weighted by atomic mass is 9.84. The number of likely N-dealkylation sites (tertiary alicyclic amines) is 1. The van der Waals surface area contributed by atoms with E-state index >= 15 is 0 Å². The molecule has 3 aromatic rings. The Morgan fingerprint density at radius 2 is 1.61 bits per heavy atom. The van der Waals surface area contributed by atoms with Gasteiger partial charge in [-0.25, -0.2) is 8.42 Å². The summed E-state index contributed by atoms with van der Waals surface area (Å²) in [5, 5.41) is 3.90. The van der Waals surface area contributed by atoms with E-state index in [2.05, 4.69) is 14.9 Å². The van der Waals surface area contributed by atoms with Crippen molar-refractivity contribution in [2.75, 3.05) is 24.4 Å². The lowest BCUT2D eigenvalue weighted by molar-refractivity contribution is 0.0920. The molecular formula is C31H35Cl2N3O4S. The minimum Gasteiger partial charge on any atom is -0.454 e. The summed E-state index contributed by atoms with van der Waals surface area (Å²) in [5.74, 6) is 1.18. The fourth-order valence-electron chi connectivity index (χ4n) is 5.54. The van der Waals surface area contributed by atoms with Gasteiger partial charge in [-0.2, -0.15) is 0 Å². The summed E-state index contributed by atoms with van der Waals surface area (Å²) >= 11 is 12.2. The Balaban J connectivity index is 1.16. The molecule has 1 saturated heterocycles. The number of nitrogens with one attached hydrogen (secondary N) is 2. The zero-order valence-corrected chi connectivity index (χ0v) is 25.1. The summed E-state index contributed by atoms with van der Waals surface area (Å²) in [6, 6.07) is 17.6. The largest absolute Gasteiger partial charge is 0.454 e. The second-order valence-electron chi connectivity index (χ2n) is 10.8. The first kappa shape index (κ1) is 29.7. The van der Waals surface area contributed by atoms with Crippen LogP contribution < -0.4 is 14.8 Å². The fourth-order valence-corrected chi connectivity index (χ4v) is 7.06. The third-order valence-electron chi connectivity index (χ3n) is 7.91. The minimum atomic E-state index is -3.95. The molecule has 0 aromatic heterocycles. The highest BCUT2D eigenvalue weighted by Crippen LogP contribution is 2.36. The van der Waals surface area contributed by atoms with Crippen LogP contribution in [0.5, 0.6) is 11.5 Å². The predicted octanol–water partition coefficient (Wildman–Crippen LogP) is 7.36. The van der Waals surface area contributed by atoms with E-state index in [9.17, 15) is 13.2 Å². The number of hydrogen-bond acceptors (Lipinski definition) is 5. The molecular weight excluding hydrogens is 581 g/mol. The molecule has 2 aliphatic rings. The van der Waals surface area contributed by atoms with Crippen LogP contribution in [0.1, 0.15) is 55.3 Å². The average molecular weight is 617 g/mol. The highest BCUT2D eigenvalue weighted by Gasteiger charge is 2.24. The smallest absolute Gasteiger partial charge is 0.262 e. The van der Waals surface area contributed by atoms with Gasteiger partial charge in [0, 0.05) is 16.6 Å². The number of nitrogens with zero attached hydrogens (tertiary/aromatic N) is 1. The molecule has 1 saturated carbocycles.